The average Bonchev–Trinajstić information content (AvgIpc) is 3.09. The molecule has 0 amide bonds. The van der Waals surface area contributed by atoms with E-state index >= 15 is 0 Å². The zero-order valence-electron chi connectivity index (χ0n) is 14.5. The predicted molar refractivity (Wildman–Crippen MR) is 98.8 cm³/mol. The standard InChI is InChI=1S/C21H16F2N2O2/c1-26-17-4-2-3-13(7-17)12-27-19-11-25-21-20(19)18(5-6-24-21)14-8-15(22)10-16(23)9-14/h2-11H,12H2,1H3,(H,24,25). The number of ether oxygens (including phenoxy) is 2. The van der Waals surface area contributed by atoms with Crippen LogP contribution in [0.5, 0.6) is 11.5 Å². The van der Waals surface area contributed by atoms with E-state index in [-0.39, 0.29) is 0 Å². The lowest BCUT2D eigenvalue weighted by atomic mass is 10.0. The summed E-state index contributed by atoms with van der Waals surface area (Å²) in [6, 6.07) is 12.7. The van der Waals surface area contributed by atoms with Crippen LogP contribution in [-0.2, 0) is 6.61 Å². The minimum atomic E-state index is -0.635. The second kappa shape index (κ2) is 7.07. The van der Waals surface area contributed by atoms with Gasteiger partial charge in [0.15, 0.2) is 0 Å². The smallest absolute Gasteiger partial charge is 0.147 e. The lowest BCUT2D eigenvalue weighted by Gasteiger charge is -2.09. The third-order valence-electron chi connectivity index (χ3n) is 4.24. The van der Waals surface area contributed by atoms with E-state index in [9.17, 15) is 8.78 Å². The Morgan fingerprint density at radius 1 is 1.04 bits per heavy atom. The normalized spacial score (nSPS) is 10.9. The molecule has 6 heteroatoms. The Balaban J connectivity index is 1.71. The lowest BCUT2D eigenvalue weighted by molar-refractivity contribution is 0.309. The minimum Gasteiger partial charge on any atom is -0.497 e. The number of H-pyrrole nitrogens is 1. The second-order valence-electron chi connectivity index (χ2n) is 6.03. The third-order valence-corrected chi connectivity index (χ3v) is 4.24. The number of rotatable bonds is 5. The Hall–Kier alpha value is -3.41. The molecule has 2 heterocycles. The van der Waals surface area contributed by atoms with Gasteiger partial charge in [0.1, 0.15) is 35.4 Å². The molecule has 0 bridgehead atoms. The van der Waals surface area contributed by atoms with E-state index in [1.807, 2.05) is 24.3 Å². The monoisotopic (exact) mass is 366 g/mol. The number of pyridine rings is 1. The Labute approximate surface area is 154 Å². The summed E-state index contributed by atoms with van der Waals surface area (Å²) in [6.45, 7) is 0.315. The number of nitrogens with one attached hydrogen (secondary N) is 1. The first-order valence-corrected chi connectivity index (χ1v) is 8.32. The van der Waals surface area contributed by atoms with Gasteiger partial charge in [-0.3, -0.25) is 0 Å². The molecule has 4 nitrogen and oxygen atoms in total. The van der Waals surface area contributed by atoms with Crippen LogP contribution in [0.2, 0.25) is 0 Å². The maximum atomic E-state index is 13.7. The van der Waals surface area contributed by atoms with Gasteiger partial charge in [-0.15, -0.1) is 0 Å². The fraction of sp³-hybridized carbons (Fsp3) is 0.0952. The molecular weight excluding hydrogens is 350 g/mol. The molecule has 0 radical (unpaired) electrons. The van der Waals surface area contributed by atoms with Crippen LogP contribution in [0.4, 0.5) is 8.78 Å². The summed E-state index contributed by atoms with van der Waals surface area (Å²) < 4.78 is 38.5. The number of aromatic amines is 1. The van der Waals surface area contributed by atoms with Gasteiger partial charge in [-0.2, -0.15) is 0 Å². The molecule has 2 aromatic heterocycles. The molecule has 0 saturated heterocycles. The molecule has 0 spiro atoms. The van der Waals surface area contributed by atoms with Gasteiger partial charge in [0.25, 0.3) is 0 Å². The van der Waals surface area contributed by atoms with Gasteiger partial charge in [0.05, 0.1) is 12.5 Å². The zero-order chi connectivity index (χ0) is 18.8. The van der Waals surface area contributed by atoms with Crippen molar-refractivity contribution in [1.29, 1.82) is 0 Å². The van der Waals surface area contributed by atoms with Crippen LogP contribution < -0.4 is 9.47 Å². The minimum absolute atomic E-state index is 0.315. The summed E-state index contributed by atoms with van der Waals surface area (Å²) >= 11 is 0. The van der Waals surface area contributed by atoms with Crippen molar-refractivity contribution in [2.45, 2.75) is 6.61 Å². The van der Waals surface area contributed by atoms with Gasteiger partial charge in [0.2, 0.25) is 0 Å². The van der Waals surface area contributed by atoms with Gasteiger partial charge >= 0.3 is 0 Å². The molecule has 0 atom stereocenters. The maximum absolute atomic E-state index is 13.7. The van der Waals surface area contributed by atoms with Crippen molar-refractivity contribution in [2.75, 3.05) is 7.11 Å². The molecule has 4 aromatic rings. The van der Waals surface area contributed by atoms with Gasteiger partial charge in [-0.25, -0.2) is 13.8 Å². The molecule has 0 aliphatic heterocycles. The van der Waals surface area contributed by atoms with Gasteiger partial charge in [-0.05, 0) is 47.0 Å². The Bertz CT molecular complexity index is 1090. The Kier molecular flexibility index (Phi) is 4.46. The van der Waals surface area contributed by atoms with Crippen LogP contribution in [0.1, 0.15) is 5.56 Å². The van der Waals surface area contributed by atoms with Crippen molar-refractivity contribution in [3.8, 4) is 22.6 Å². The van der Waals surface area contributed by atoms with Crippen LogP contribution in [0.15, 0.2) is 60.9 Å². The summed E-state index contributed by atoms with van der Waals surface area (Å²) in [5.74, 6) is 0.0295. The SMILES string of the molecule is COc1cccc(COc2c[nH]c3nccc(-c4cc(F)cc(F)c4)c23)c1. The number of aromatic nitrogens is 2. The van der Waals surface area contributed by atoms with Crippen LogP contribution in [0, 0.1) is 11.6 Å². The van der Waals surface area contributed by atoms with Crippen LogP contribution >= 0.6 is 0 Å². The number of halogens is 2. The van der Waals surface area contributed by atoms with Crippen LogP contribution in [0.25, 0.3) is 22.2 Å². The summed E-state index contributed by atoms with van der Waals surface area (Å²) in [7, 11) is 1.61. The predicted octanol–water partition coefficient (Wildman–Crippen LogP) is 5.10. The third kappa shape index (κ3) is 3.46. The molecule has 27 heavy (non-hydrogen) atoms. The summed E-state index contributed by atoms with van der Waals surface area (Å²) in [4.78, 5) is 7.31. The molecule has 0 saturated carbocycles. The highest BCUT2D eigenvalue weighted by atomic mass is 19.1. The fourth-order valence-corrected chi connectivity index (χ4v) is 3.01. The van der Waals surface area contributed by atoms with E-state index < -0.39 is 11.6 Å². The molecule has 1 N–H and O–H groups in total. The van der Waals surface area contributed by atoms with Crippen molar-refractivity contribution in [3.63, 3.8) is 0 Å². The highest BCUT2D eigenvalue weighted by molar-refractivity contribution is 5.97. The summed E-state index contributed by atoms with van der Waals surface area (Å²) in [6.07, 6.45) is 3.28. The molecule has 2 aromatic carbocycles. The average molecular weight is 366 g/mol. The number of benzene rings is 2. The number of nitrogens with zero attached hydrogens (tertiary/aromatic N) is 1. The van der Waals surface area contributed by atoms with Crippen molar-refractivity contribution in [2.24, 2.45) is 0 Å². The number of fused-ring (bicyclic) bond motifs is 1. The summed E-state index contributed by atoms with van der Waals surface area (Å²) in [5.41, 5.74) is 2.58. The number of hydrogen-bond acceptors (Lipinski definition) is 3. The number of methoxy groups -OCH3 is 1. The van der Waals surface area contributed by atoms with Crippen molar-refractivity contribution in [1.82, 2.24) is 9.97 Å². The highest BCUT2D eigenvalue weighted by Gasteiger charge is 2.14. The van der Waals surface area contributed by atoms with E-state index in [1.54, 1.807) is 25.6 Å². The quantitative estimate of drug-likeness (QED) is 0.535. The number of hydrogen-bond donors (Lipinski definition) is 1. The second-order valence-corrected chi connectivity index (χ2v) is 6.03. The van der Waals surface area contributed by atoms with E-state index in [4.69, 9.17) is 9.47 Å². The van der Waals surface area contributed by atoms with E-state index in [1.165, 1.54) is 12.1 Å². The Morgan fingerprint density at radius 3 is 2.63 bits per heavy atom. The van der Waals surface area contributed by atoms with E-state index in [2.05, 4.69) is 9.97 Å². The topological polar surface area (TPSA) is 47.1 Å². The molecular formula is C21H16F2N2O2. The molecule has 0 fully saturated rings. The largest absolute Gasteiger partial charge is 0.497 e. The van der Waals surface area contributed by atoms with E-state index in [0.29, 0.717) is 34.5 Å². The molecule has 4 rings (SSSR count). The van der Waals surface area contributed by atoms with Crippen molar-refractivity contribution in [3.05, 3.63) is 78.1 Å². The zero-order valence-corrected chi connectivity index (χ0v) is 14.5. The first-order valence-electron chi connectivity index (χ1n) is 8.32. The molecule has 136 valence electrons. The van der Waals surface area contributed by atoms with Crippen LogP contribution in [-0.4, -0.2) is 17.1 Å². The van der Waals surface area contributed by atoms with Crippen molar-refractivity contribution >= 4 is 11.0 Å². The molecule has 0 aliphatic rings. The Morgan fingerprint density at radius 2 is 1.85 bits per heavy atom. The van der Waals surface area contributed by atoms with Gasteiger partial charge < -0.3 is 14.5 Å². The molecule has 0 aliphatic carbocycles. The lowest BCUT2D eigenvalue weighted by Crippen LogP contribution is -1.96. The van der Waals surface area contributed by atoms with Crippen LogP contribution in [0.3, 0.4) is 0 Å². The van der Waals surface area contributed by atoms with Gasteiger partial charge in [-0.1, -0.05) is 12.1 Å². The van der Waals surface area contributed by atoms with E-state index in [0.717, 1.165) is 17.4 Å². The van der Waals surface area contributed by atoms with Gasteiger partial charge in [0, 0.05) is 18.5 Å². The van der Waals surface area contributed by atoms with Crippen molar-refractivity contribution < 1.29 is 18.3 Å². The first-order chi connectivity index (χ1) is 13.1. The maximum Gasteiger partial charge on any atom is 0.147 e. The first kappa shape index (κ1) is 17.0. The fourth-order valence-electron chi connectivity index (χ4n) is 3.01. The highest BCUT2D eigenvalue weighted by Crippen LogP contribution is 2.35. The molecule has 0 unspecified atom stereocenters. The summed E-state index contributed by atoms with van der Waals surface area (Å²) in [5, 5.41) is 0.672.